The molecule has 1 atom stereocenters. The second kappa shape index (κ2) is 7.73. The van der Waals surface area contributed by atoms with Crippen molar-refractivity contribution in [3.05, 3.63) is 51.0 Å². The van der Waals surface area contributed by atoms with Crippen molar-refractivity contribution in [1.82, 2.24) is 5.32 Å². The van der Waals surface area contributed by atoms with Crippen molar-refractivity contribution in [2.45, 2.75) is 26.3 Å². The summed E-state index contributed by atoms with van der Waals surface area (Å²) in [5.41, 5.74) is 2.85. The van der Waals surface area contributed by atoms with Gasteiger partial charge >= 0.3 is 0 Å². The minimum absolute atomic E-state index is 0.0447. The molecule has 4 nitrogen and oxygen atoms in total. The molecule has 0 aliphatic carbocycles. The summed E-state index contributed by atoms with van der Waals surface area (Å²) in [6.45, 7) is 5.79. The van der Waals surface area contributed by atoms with E-state index < -0.39 is 0 Å². The minimum Gasteiger partial charge on any atom is -0.506 e. The maximum atomic E-state index is 10.4. The number of hydrogen-bond donors (Lipinski definition) is 2. The zero-order valence-electron chi connectivity index (χ0n) is 14.2. The van der Waals surface area contributed by atoms with Crippen LogP contribution in [0.1, 0.15) is 36.6 Å². The maximum Gasteiger partial charge on any atom is 0.161 e. The van der Waals surface area contributed by atoms with E-state index in [4.69, 9.17) is 32.7 Å². The Labute approximate surface area is 157 Å². The minimum atomic E-state index is -0.213. The van der Waals surface area contributed by atoms with Gasteiger partial charge in [0.05, 0.1) is 24.3 Å². The van der Waals surface area contributed by atoms with Crippen molar-refractivity contribution < 1.29 is 14.6 Å². The van der Waals surface area contributed by atoms with Crippen LogP contribution >= 0.6 is 23.2 Å². The van der Waals surface area contributed by atoms with Gasteiger partial charge in [0.2, 0.25) is 0 Å². The molecule has 0 spiro atoms. The Kier molecular flexibility index (Phi) is 5.62. The largest absolute Gasteiger partial charge is 0.506 e. The molecule has 2 aromatic rings. The van der Waals surface area contributed by atoms with E-state index in [0.29, 0.717) is 29.5 Å². The molecule has 0 bridgehead atoms. The molecule has 0 aromatic heterocycles. The standard InChI is InChI=1S/C19H21Cl2NO3/c1-3-24-16-7-11-5-6-22-18(13(11)10-17(16)25-4-2)14-8-12(20)9-15(21)19(14)23/h7-10,18,22-23H,3-6H2,1-2H3/t18-/m1/s1. The van der Waals surface area contributed by atoms with Crippen molar-refractivity contribution in [2.24, 2.45) is 0 Å². The molecule has 0 saturated heterocycles. The van der Waals surface area contributed by atoms with Crippen molar-refractivity contribution >= 4 is 23.2 Å². The van der Waals surface area contributed by atoms with Gasteiger partial charge in [0, 0.05) is 17.1 Å². The molecular weight excluding hydrogens is 361 g/mol. The number of benzene rings is 2. The summed E-state index contributed by atoms with van der Waals surface area (Å²) < 4.78 is 11.5. The van der Waals surface area contributed by atoms with Crippen LogP contribution in [0.5, 0.6) is 17.2 Å². The van der Waals surface area contributed by atoms with Crippen molar-refractivity contribution in [3.8, 4) is 17.2 Å². The van der Waals surface area contributed by atoms with Gasteiger partial charge in [0.1, 0.15) is 5.75 Å². The second-order valence-electron chi connectivity index (χ2n) is 5.83. The highest BCUT2D eigenvalue weighted by Gasteiger charge is 2.27. The second-order valence-corrected chi connectivity index (χ2v) is 6.67. The van der Waals surface area contributed by atoms with E-state index in [2.05, 4.69) is 5.32 Å². The lowest BCUT2D eigenvalue weighted by atomic mass is 9.89. The molecule has 0 amide bonds. The van der Waals surface area contributed by atoms with Crippen LogP contribution in [0.25, 0.3) is 0 Å². The van der Waals surface area contributed by atoms with E-state index in [0.717, 1.165) is 29.8 Å². The monoisotopic (exact) mass is 381 g/mol. The fraction of sp³-hybridized carbons (Fsp3) is 0.368. The van der Waals surface area contributed by atoms with Crippen LogP contribution in [-0.4, -0.2) is 24.9 Å². The number of rotatable bonds is 5. The number of aromatic hydroxyl groups is 1. The van der Waals surface area contributed by atoms with E-state index in [1.165, 1.54) is 6.07 Å². The molecule has 134 valence electrons. The third-order valence-electron chi connectivity index (χ3n) is 4.23. The van der Waals surface area contributed by atoms with Gasteiger partial charge in [-0.2, -0.15) is 0 Å². The summed E-state index contributed by atoms with van der Waals surface area (Å²) in [6, 6.07) is 7.08. The third-order valence-corrected chi connectivity index (χ3v) is 4.73. The summed E-state index contributed by atoms with van der Waals surface area (Å²) in [5, 5.41) is 14.6. The van der Waals surface area contributed by atoms with Crippen molar-refractivity contribution in [3.63, 3.8) is 0 Å². The smallest absolute Gasteiger partial charge is 0.161 e. The third kappa shape index (κ3) is 3.66. The van der Waals surface area contributed by atoms with Crippen LogP contribution in [0, 0.1) is 0 Å². The molecule has 0 fully saturated rings. The normalized spacial score (nSPS) is 16.4. The zero-order chi connectivity index (χ0) is 18.0. The molecule has 0 unspecified atom stereocenters. The highest BCUT2D eigenvalue weighted by atomic mass is 35.5. The van der Waals surface area contributed by atoms with Crippen LogP contribution in [0.2, 0.25) is 10.0 Å². The number of phenolic OH excluding ortho intramolecular Hbond substituents is 1. The van der Waals surface area contributed by atoms with Gasteiger partial charge in [-0.1, -0.05) is 23.2 Å². The fourth-order valence-electron chi connectivity index (χ4n) is 3.18. The predicted octanol–water partition coefficient (Wildman–Crippen LogP) is 4.73. The van der Waals surface area contributed by atoms with E-state index in [-0.39, 0.29) is 16.8 Å². The maximum absolute atomic E-state index is 10.4. The Hall–Kier alpha value is -1.62. The molecule has 1 aliphatic heterocycles. The van der Waals surface area contributed by atoms with Crippen LogP contribution < -0.4 is 14.8 Å². The highest BCUT2D eigenvalue weighted by molar-refractivity contribution is 6.35. The van der Waals surface area contributed by atoms with Gasteiger partial charge in [-0.3, -0.25) is 0 Å². The Morgan fingerprint density at radius 1 is 1.04 bits per heavy atom. The quantitative estimate of drug-likeness (QED) is 0.785. The van der Waals surface area contributed by atoms with Gasteiger partial charge < -0.3 is 19.9 Å². The molecule has 6 heteroatoms. The van der Waals surface area contributed by atoms with E-state index in [1.807, 2.05) is 26.0 Å². The van der Waals surface area contributed by atoms with Crippen LogP contribution in [0.15, 0.2) is 24.3 Å². The Morgan fingerprint density at radius 3 is 2.40 bits per heavy atom. The summed E-state index contributed by atoms with van der Waals surface area (Å²) in [4.78, 5) is 0. The van der Waals surface area contributed by atoms with Gasteiger partial charge in [-0.15, -0.1) is 0 Å². The van der Waals surface area contributed by atoms with Gasteiger partial charge in [-0.05, 0) is 55.7 Å². The fourth-order valence-corrected chi connectivity index (χ4v) is 3.69. The predicted molar refractivity (Wildman–Crippen MR) is 100 cm³/mol. The Morgan fingerprint density at radius 2 is 1.72 bits per heavy atom. The Balaban J connectivity index is 2.11. The highest BCUT2D eigenvalue weighted by Crippen LogP contribution is 2.42. The van der Waals surface area contributed by atoms with Crippen molar-refractivity contribution in [1.29, 1.82) is 0 Å². The Bertz CT molecular complexity index is 780. The van der Waals surface area contributed by atoms with Crippen LogP contribution in [0.4, 0.5) is 0 Å². The number of fused-ring (bicyclic) bond motifs is 1. The lowest BCUT2D eigenvalue weighted by molar-refractivity contribution is 0.286. The number of halogens is 2. The van der Waals surface area contributed by atoms with Gasteiger partial charge in [-0.25, -0.2) is 0 Å². The average Bonchev–Trinajstić information content (AvgIpc) is 2.58. The molecule has 0 radical (unpaired) electrons. The molecule has 2 N–H and O–H groups in total. The molecule has 1 aliphatic rings. The first-order valence-electron chi connectivity index (χ1n) is 8.38. The number of hydrogen-bond acceptors (Lipinski definition) is 4. The average molecular weight is 382 g/mol. The van der Waals surface area contributed by atoms with E-state index in [9.17, 15) is 5.11 Å². The lowest BCUT2D eigenvalue weighted by Crippen LogP contribution is -2.30. The number of nitrogens with one attached hydrogen (secondary N) is 1. The molecular formula is C19H21Cl2NO3. The van der Waals surface area contributed by atoms with E-state index in [1.54, 1.807) is 6.07 Å². The molecule has 3 rings (SSSR count). The molecule has 2 aromatic carbocycles. The number of phenols is 1. The summed E-state index contributed by atoms with van der Waals surface area (Å²) >= 11 is 12.3. The summed E-state index contributed by atoms with van der Waals surface area (Å²) in [6.07, 6.45) is 0.868. The van der Waals surface area contributed by atoms with E-state index >= 15 is 0 Å². The first-order valence-corrected chi connectivity index (χ1v) is 9.14. The lowest BCUT2D eigenvalue weighted by Gasteiger charge is -2.29. The van der Waals surface area contributed by atoms with Crippen molar-refractivity contribution in [2.75, 3.05) is 19.8 Å². The molecule has 1 heterocycles. The first-order chi connectivity index (χ1) is 12.0. The number of ether oxygens (including phenoxy) is 2. The van der Waals surface area contributed by atoms with Gasteiger partial charge in [0.15, 0.2) is 11.5 Å². The summed E-state index contributed by atoms with van der Waals surface area (Å²) in [5.74, 6) is 1.49. The van der Waals surface area contributed by atoms with Crippen LogP contribution in [0.3, 0.4) is 0 Å². The SMILES string of the molecule is CCOc1cc2c(cc1OCC)[C@H](c1cc(Cl)cc(Cl)c1O)NCC2. The van der Waals surface area contributed by atoms with Gasteiger partial charge in [0.25, 0.3) is 0 Å². The molecule has 0 saturated carbocycles. The molecule has 25 heavy (non-hydrogen) atoms. The zero-order valence-corrected chi connectivity index (χ0v) is 15.7. The summed E-state index contributed by atoms with van der Waals surface area (Å²) in [7, 11) is 0. The first kappa shape index (κ1) is 18.2. The topological polar surface area (TPSA) is 50.7 Å². The van der Waals surface area contributed by atoms with Crippen LogP contribution in [-0.2, 0) is 6.42 Å².